The van der Waals surface area contributed by atoms with Crippen molar-refractivity contribution in [2.24, 2.45) is 0 Å². The van der Waals surface area contributed by atoms with Crippen molar-refractivity contribution in [2.45, 2.75) is 4.46 Å². The minimum atomic E-state index is -2.96. The highest BCUT2D eigenvalue weighted by Crippen LogP contribution is 2.23. The molecule has 0 amide bonds. The second-order valence-corrected chi connectivity index (χ2v) is 10.8. The number of alkyl halides is 2. The first-order valence-electron chi connectivity index (χ1n) is 5.43. The SMILES string of the molecule is Fc1ccc([Si](Cl)(c2ccc(F)cc2)C(Cl)Cl)cc1. The molecule has 0 nitrogen and oxygen atoms in total. The van der Waals surface area contributed by atoms with Gasteiger partial charge in [-0.2, -0.15) is 11.1 Å². The van der Waals surface area contributed by atoms with Crippen molar-refractivity contribution in [2.75, 3.05) is 0 Å². The number of rotatable bonds is 3. The molecule has 0 saturated carbocycles. The highest BCUT2D eigenvalue weighted by atomic mass is 35.6. The van der Waals surface area contributed by atoms with Gasteiger partial charge in [0, 0.05) is 0 Å². The Morgan fingerprint density at radius 3 is 1.32 bits per heavy atom. The van der Waals surface area contributed by atoms with Gasteiger partial charge in [-0.25, -0.2) is 8.78 Å². The van der Waals surface area contributed by atoms with Crippen molar-refractivity contribution < 1.29 is 8.78 Å². The molecule has 19 heavy (non-hydrogen) atoms. The van der Waals surface area contributed by atoms with Gasteiger partial charge >= 0.3 is 0 Å². The van der Waals surface area contributed by atoms with E-state index in [9.17, 15) is 8.78 Å². The monoisotopic (exact) mass is 336 g/mol. The highest BCUT2D eigenvalue weighted by Gasteiger charge is 2.42. The average molecular weight is 338 g/mol. The molecule has 0 aliphatic rings. The largest absolute Gasteiger partial charge is 0.250 e. The van der Waals surface area contributed by atoms with Crippen molar-refractivity contribution in [1.82, 2.24) is 0 Å². The Bertz CT molecular complexity index is 510. The zero-order valence-electron chi connectivity index (χ0n) is 9.59. The van der Waals surface area contributed by atoms with Crippen LogP contribution in [-0.2, 0) is 0 Å². The highest BCUT2D eigenvalue weighted by molar-refractivity contribution is 7.38. The molecular formula is C13H9Cl3F2Si. The fourth-order valence-corrected chi connectivity index (χ4v) is 6.21. The van der Waals surface area contributed by atoms with Gasteiger partial charge in [0.25, 0.3) is 0 Å². The van der Waals surface area contributed by atoms with Crippen LogP contribution in [0.2, 0.25) is 0 Å². The topological polar surface area (TPSA) is 0 Å². The fraction of sp³-hybridized carbons (Fsp3) is 0.0769. The molecule has 2 aromatic rings. The molecule has 0 aromatic heterocycles. The van der Waals surface area contributed by atoms with E-state index >= 15 is 0 Å². The van der Waals surface area contributed by atoms with Gasteiger partial charge < -0.3 is 0 Å². The Balaban J connectivity index is 2.54. The molecule has 6 heteroatoms. The Labute approximate surface area is 125 Å². The summed E-state index contributed by atoms with van der Waals surface area (Å²) in [5.74, 6) is -0.729. The summed E-state index contributed by atoms with van der Waals surface area (Å²) in [6.45, 7) is 0. The van der Waals surface area contributed by atoms with E-state index in [1.165, 1.54) is 24.3 Å². The minimum Gasteiger partial charge on any atom is -0.207 e. The van der Waals surface area contributed by atoms with Gasteiger partial charge in [0.15, 0.2) is 0 Å². The van der Waals surface area contributed by atoms with Gasteiger partial charge in [-0.05, 0) is 34.6 Å². The third-order valence-corrected chi connectivity index (χ3v) is 10.4. The lowest BCUT2D eigenvalue weighted by molar-refractivity contribution is 0.628. The molecule has 0 saturated heterocycles. The Morgan fingerprint density at radius 1 is 0.737 bits per heavy atom. The average Bonchev–Trinajstić information content (AvgIpc) is 2.39. The molecule has 0 unspecified atom stereocenters. The molecule has 0 N–H and O–H groups in total. The second-order valence-electron chi connectivity index (χ2n) is 4.03. The third kappa shape index (κ3) is 2.94. The van der Waals surface area contributed by atoms with Crippen molar-refractivity contribution >= 4 is 52.0 Å². The smallest absolute Gasteiger partial charge is 0.207 e. The summed E-state index contributed by atoms with van der Waals surface area (Å²) in [5.41, 5.74) is 0. The summed E-state index contributed by atoms with van der Waals surface area (Å²) < 4.78 is 25.1. The zero-order valence-corrected chi connectivity index (χ0v) is 12.9. The van der Waals surface area contributed by atoms with E-state index < -0.39 is 11.8 Å². The standard InChI is InChI=1S/C13H9Cl3F2Si/c14-13(15)19(16,11-5-1-9(17)2-6-11)12-7-3-10(18)4-8-12/h1-8,13H. The van der Waals surface area contributed by atoms with Crippen LogP contribution in [0.1, 0.15) is 0 Å². The predicted molar refractivity (Wildman–Crippen MR) is 79.2 cm³/mol. The Kier molecular flexibility index (Phi) is 4.51. The summed E-state index contributed by atoms with van der Waals surface area (Å²) in [6.07, 6.45) is 0. The lowest BCUT2D eigenvalue weighted by Crippen LogP contribution is -2.59. The van der Waals surface area contributed by atoms with E-state index in [1.54, 1.807) is 24.3 Å². The molecule has 100 valence electrons. The normalized spacial score (nSPS) is 11.9. The second kappa shape index (κ2) is 5.79. The van der Waals surface area contributed by atoms with Gasteiger partial charge in [-0.15, -0.1) is 23.2 Å². The van der Waals surface area contributed by atoms with Crippen LogP contribution in [-0.4, -0.2) is 11.8 Å². The van der Waals surface area contributed by atoms with E-state index in [2.05, 4.69) is 0 Å². The molecule has 0 heterocycles. The molecular weight excluding hydrogens is 329 g/mol. The maximum Gasteiger partial charge on any atom is 0.250 e. The van der Waals surface area contributed by atoms with Crippen LogP contribution in [0.5, 0.6) is 0 Å². The van der Waals surface area contributed by atoms with Gasteiger partial charge in [0.05, 0.1) is 0 Å². The summed E-state index contributed by atoms with van der Waals surface area (Å²) in [7, 11) is -2.96. The van der Waals surface area contributed by atoms with Gasteiger partial charge in [-0.3, -0.25) is 0 Å². The molecule has 2 aromatic carbocycles. The Hall–Kier alpha value is -0.613. The van der Waals surface area contributed by atoms with Crippen LogP contribution in [0, 0.1) is 11.6 Å². The summed E-state index contributed by atoms with van der Waals surface area (Å²) in [4.78, 5) is 0. The lowest BCUT2D eigenvalue weighted by Gasteiger charge is -2.26. The molecule has 0 atom stereocenters. The Morgan fingerprint density at radius 2 is 1.05 bits per heavy atom. The summed E-state index contributed by atoms with van der Waals surface area (Å²) in [5, 5.41) is 1.36. The van der Waals surface area contributed by atoms with E-state index in [-0.39, 0.29) is 11.6 Å². The predicted octanol–water partition coefficient (Wildman–Crippen LogP) is 3.61. The maximum absolute atomic E-state index is 13.0. The van der Waals surface area contributed by atoms with Crippen LogP contribution in [0.4, 0.5) is 8.78 Å². The fourth-order valence-electron chi connectivity index (χ4n) is 1.80. The van der Waals surface area contributed by atoms with Gasteiger partial charge in [0.2, 0.25) is 7.38 Å². The first kappa shape index (κ1) is 14.8. The number of benzene rings is 2. The van der Waals surface area contributed by atoms with Gasteiger partial charge in [0.1, 0.15) is 16.1 Å². The quantitative estimate of drug-likeness (QED) is 0.456. The molecule has 0 fully saturated rings. The van der Waals surface area contributed by atoms with Crippen LogP contribution in [0.25, 0.3) is 0 Å². The van der Waals surface area contributed by atoms with Crippen molar-refractivity contribution in [1.29, 1.82) is 0 Å². The number of hydrogen-bond donors (Lipinski definition) is 0. The molecule has 0 spiro atoms. The van der Waals surface area contributed by atoms with E-state index in [0.29, 0.717) is 10.4 Å². The summed E-state index contributed by atoms with van der Waals surface area (Å²) >= 11 is 18.7. The van der Waals surface area contributed by atoms with E-state index in [4.69, 9.17) is 34.3 Å². The zero-order chi connectivity index (χ0) is 14.0. The van der Waals surface area contributed by atoms with Crippen molar-refractivity contribution in [3.63, 3.8) is 0 Å². The molecule has 0 aliphatic heterocycles. The van der Waals surface area contributed by atoms with Crippen LogP contribution in [0.15, 0.2) is 48.5 Å². The molecule has 0 aliphatic carbocycles. The first-order valence-corrected chi connectivity index (χ1v) is 9.40. The van der Waals surface area contributed by atoms with Gasteiger partial charge in [-0.1, -0.05) is 24.3 Å². The lowest BCUT2D eigenvalue weighted by atomic mass is 10.3. The van der Waals surface area contributed by atoms with Crippen molar-refractivity contribution in [3.8, 4) is 0 Å². The molecule has 2 rings (SSSR count). The third-order valence-electron chi connectivity index (χ3n) is 2.83. The molecule has 0 radical (unpaired) electrons. The summed E-state index contributed by atoms with van der Waals surface area (Å²) in [6, 6.07) is 11.5. The van der Waals surface area contributed by atoms with E-state index in [0.717, 1.165) is 0 Å². The van der Waals surface area contributed by atoms with Crippen molar-refractivity contribution in [3.05, 3.63) is 60.2 Å². The van der Waals surface area contributed by atoms with E-state index in [1.807, 2.05) is 0 Å². The number of halogens is 5. The number of hydrogen-bond acceptors (Lipinski definition) is 0. The van der Waals surface area contributed by atoms with Crippen LogP contribution >= 0.6 is 34.3 Å². The maximum atomic E-state index is 13.0. The van der Waals surface area contributed by atoms with Crippen LogP contribution < -0.4 is 10.4 Å². The first-order chi connectivity index (χ1) is 8.94. The minimum absolute atomic E-state index is 0.364. The van der Waals surface area contributed by atoms with Crippen LogP contribution in [0.3, 0.4) is 0 Å². The molecule has 0 bridgehead atoms.